The Hall–Kier alpha value is -5.65. The Balaban J connectivity index is 1.77. The number of carboxylic acid groups (broad SMARTS) is 3. The molecule has 0 spiro atoms. The van der Waals surface area contributed by atoms with Crippen molar-refractivity contribution in [1.29, 1.82) is 0 Å². The Morgan fingerprint density at radius 2 is 1.59 bits per heavy atom. The molecule has 23 heteroatoms. The minimum absolute atomic E-state index is 0.0753. The predicted molar refractivity (Wildman–Crippen MR) is 188 cm³/mol. The molecule has 1 aromatic carbocycles. The summed E-state index contributed by atoms with van der Waals surface area (Å²) >= 11 is 0.822. The summed E-state index contributed by atoms with van der Waals surface area (Å²) in [7, 11) is -2.76. The molecule has 0 unspecified atom stereocenters. The number of hydrogen-bond donors (Lipinski definition) is 4. The first-order chi connectivity index (χ1) is 25.4. The van der Waals surface area contributed by atoms with E-state index in [4.69, 9.17) is 19.0 Å². The number of hydrogen-bond acceptors (Lipinski definition) is 15. The fourth-order valence-electron chi connectivity index (χ4n) is 5.43. The fraction of sp³-hybridized carbons (Fsp3) is 0.323. The van der Waals surface area contributed by atoms with E-state index >= 15 is 0 Å². The number of methoxy groups -OCH3 is 1. The van der Waals surface area contributed by atoms with Gasteiger partial charge in [0.2, 0.25) is 16.8 Å². The number of carbonyl (C=O) groups excluding carboxylic acids is 2. The van der Waals surface area contributed by atoms with Crippen LogP contribution in [0.5, 0.6) is 11.5 Å². The summed E-state index contributed by atoms with van der Waals surface area (Å²) in [6.45, 7) is -1.24. The smallest absolute Gasteiger partial charge is 0.323 e. The zero-order valence-corrected chi connectivity index (χ0v) is 30.6. The molecule has 3 aromatic rings. The second-order valence-corrected chi connectivity index (χ2v) is 15.0. The van der Waals surface area contributed by atoms with E-state index in [0.717, 1.165) is 0 Å². The quantitative estimate of drug-likeness (QED) is 0.123. The third kappa shape index (κ3) is 8.27. The van der Waals surface area contributed by atoms with Gasteiger partial charge in [0.15, 0.2) is 5.75 Å². The number of benzene rings is 1. The molecule has 5 rings (SSSR count). The maximum Gasteiger partial charge on any atom is 0.323 e. The summed E-state index contributed by atoms with van der Waals surface area (Å²) in [6, 6.07) is 4.94. The van der Waals surface area contributed by atoms with Crippen LogP contribution in [0.3, 0.4) is 0 Å². The number of anilines is 1. The second kappa shape index (κ2) is 15.8. The van der Waals surface area contributed by atoms with Crippen molar-refractivity contribution in [2.24, 2.45) is 0 Å². The topological polar surface area (TPSA) is 282 Å². The molecule has 0 radical (unpaired) electrons. The number of imide groups is 1. The number of carboxylic acids is 3. The van der Waals surface area contributed by atoms with Gasteiger partial charge in [-0.2, -0.15) is 8.42 Å². The molecule has 20 nitrogen and oxygen atoms in total. The van der Waals surface area contributed by atoms with Crippen LogP contribution in [0.2, 0.25) is 0 Å². The molecule has 4 heterocycles. The number of thiazole rings is 1. The van der Waals surface area contributed by atoms with Crippen molar-refractivity contribution in [3.8, 4) is 11.5 Å². The predicted octanol–water partition coefficient (Wildman–Crippen LogP) is -0.0134. The van der Waals surface area contributed by atoms with Crippen LogP contribution in [0.4, 0.5) is 10.5 Å². The molecule has 0 saturated carbocycles. The number of fused-ring (bicyclic) bond motifs is 1. The van der Waals surface area contributed by atoms with E-state index in [9.17, 15) is 56.7 Å². The van der Waals surface area contributed by atoms with Crippen LogP contribution >= 0.6 is 23.1 Å². The molecule has 1 saturated heterocycles. The number of thioether (sulfide) groups is 1. The number of amides is 2. The Morgan fingerprint density at radius 3 is 2.20 bits per heavy atom. The van der Waals surface area contributed by atoms with Gasteiger partial charge in [-0.05, 0) is 48.7 Å². The van der Waals surface area contributed by atoms with Crippen LogP contribution in [0.15, 0.2) is 44.2 Å². The SMILES string of the molecule is CCC(C=C1Oc2ccc(OC)cc2N1CCCCS(=O)(=O)O)=c1s/c(=c2/oc(=C3SC(=O)N(CC(=O)O)C3=O)n(CC(=O)O)c2=O)n(CC(=O)O)c1=O. The van der Waals surface area contributed by atoms with Crippen LogP contribution in [-0.4, -0.2) is 97.3 Å². The molecule has 4 N–H and O–H groups in total. The summed E-state index contributed by atoms with van der Waals surface area (Å²) in [6.07, 6.45) is 2.01. The van der Waals surface area contributed by atoms with Gasteiger partial charge in [-0.1, -0.05) is 6.92 Å². The molecule has 2 aromatic heterocycles. The third-order valence-electron chi connectivity index (χ3n) is 7.83. The Bertz CT molecular complexity index is 2580. The Kier molecular flexibility index (Phi) is 11.5. The first-order valence-corrected chi connectivity index (χ1v) is 18.9. The number of nitrogens with zero attached hydrogens (tertiary/aromatic N) is 4. The van der Waals surface area contributed by atoms with Gasteiger partial charge in [0.25, 0.3) is 32.4 Å². The zero-order valence-electron chi connectivity index (χ0n) is 28.2. The maximum absolute atomic E-state index is 13.9. The molecule has 0 bridgehead atoms. The Labute approximate surface area is 310 Å². The number of ether oxygens (including phenoxy) is 2. The molecular weight excluding hydrogens is 781 g/mol. The lowest BCUT2D eigenvalue weighted by molar-refractivity contribution is -0.140. The average Bonchev–Trinajstić information content (AvgIpc) is 3.78. The summed E-state index contributed by atoms with van der Waals surface area (Å²) in [5, 5.41) is 27.4. The van der Waals surface area contributed by atoms with Crippen molar-refractivity contribution >= 4 is 78.4 Å². The van der Waals surface area contributed by atoms with E-state index in [2.05, 4.69) is 0 Å². The van der Waals surface area contributed by atoms with Crippen LogP contribution in [0.1, 0.15) is 26.2 Å². The zero-order chi connectivity index (χ0) is 39.6. The van der Waals surface area contributed by atoms with Crippen molar-refractivity contribution < 1.29 is 66.2 Å². The first kappa shape index (κ1) is 39.6. The number of unbranched alkanes of at least 4 members (excludes halogenated alkanes) is 1. The number of rotatable bonds is 14. The number of aromatic nitrogens is 2. The molecule has 0 aliphatic carbocycles. The van der Waals surface area contributed by atoms with Crippen molar-refractivity contribution in [2.75, 3.05) is 30.9 Å². The summed E-state index contributed by atoms with van der Waals surface area (Å²) in [5.74, 6) is -5.22. The highest BCUT2D eigenvalue weighted by Crippen LogP contribution is 2.42. The minimum Gasteiger partial charge on any atom is -0.497 e. The summed E-state index contributed by atoms with van der Waals surface area (Å²) in [4.78, 5) is 89.6. The van der Waals surface area contributed by atoms with E-state index in [1.807, 2.05) is 0 Å². The molecule has 0 atom stereocenters. The van der Waals surface area contributed by atoms with Crippen molar-refractivity contribution in [3.05, 3.63) is 71.0 Å². The van der Waals surface area contributed by atoms with Gasteiger partial charge < -0.3 is 34.1 Å². The van der Waals surface area contributed by atoms with Crippen LogP contribution in [0.25, 0.3) is 10.5 Å². The van der Waals surface area contributed by atoms with Gasteiger partial charge in [-0.25, -0.2) is 0 Å². The molecule has 1 fully saturated rings. The minimum atomic E-state index is -4.21. The van der Waals surface area contributed by atoms with Gasteiger partial charge in [0.1, 0.15) is 35.0 Å². The van der Waals surface area contributed by atoms with E-state index in [0.29, 0.717) is 42.6 Å². The van der Waals surface area contributed by atoms with Gasteiger partial charge in [-0.15, -0.1) is 11.3 Å². The highest BCUT2D eigenvalue weighted by molar-refractivity contribution is 8.22. The van der Waals surface area contributed by atoms with Crippen molar-refractivity contribution in [2.45, 2.75) is 39.3 Å². The molecule has 288 valence electrons. The molecule has 2 amide bonds. The van der Waals surface area contributed by atoms with Gasteiger partial charge in [0, 0.05) is 18.7 Å². The van der Waals surface area contributed by atoms with E-state index in [1.54, 1.807) is 30.0 Å². The van der Waals surface area contributed by atoms with Gasteiger partial charge >= 0.3 is 17.9 Å². The van der Waals surface area contributed by atoms with Crippen molar-refractivity contribution in [3.63, 3.8) is 0 Å². The highest BCUT2D eigenvalue weighted by Gasteiger charge is 2.39. The first-order valence-electron chi connectivity index (χ1n) is 15.6. The molecular formula is C31H30N4O16S3. The lowest BCUT2D eigenvalue weighted by Crippen LogP contribution is -2.36. The van der Waals surface area contributed by atoms with E-state index in [1.165, 1.54) is 13.2 Å². The number of oxazole rings is 1. The van der Waals surface area contributed by atoms with Crippen LogP contribution in [-0.2, 0) is 42.4 Å². The summed E-state index contributed by atoms with van der Waals surface area (Å²) in [5.41, 5.74) is -2.70. The molecule has 2 aliphatic rings. The normalized spacial score (nSPS) is 17.2. The van der Waals surface area contributed by atoms with Crippen molar-refractivity contribution in [1.82, 2.24) is 14.0 Å². The number of allylic oxidation sites excluding steroid dienone is 1. The third-order valence-corrected chi connectivity index (χ3v) is 10.8. The monoisotopic (exact) mass is 810 g/mol. The van der Waals surface area contributed by atoms with E-state index in [-0.39, 0.29) is 58.2 Å². The largest absolute Gasteiger partial charge is 0.497 e. The number of carbonyl (C=O) groups is 5. The molecule has 54 heavy (non-hydrogen) atoms. The van der Waals surface area contributed by atoms with Gasteiger partial charge in [-0.3, -0.25) is 52.1 Å². The van der Waals surface area contributed by atoms with E-state index < -0.39 is 91.5 Å². The number of aliphatic carboxylic acids is 3. The standard InChI is InChI=1S/C31H30N4O16S3/c1-3-15(10-19-32(8-4-5-9-54(46,47)48)17-11-16(49-2)6-7-18(17)50-19)24-27(43)34(13-21(38)39)30(52-24)23-26(42)33(12-20(36)37)29(51-23)25-28(44)35(14-22(40)41)31(45)53-25/h6-7,10-11H,3-5,8-9,12-14H2,1-2H3,(H,36,37)(H,38,39)(H,40,41)(H,46,47,48)/b19-10?,24-15?,29-25?,30-23+. The summed E-state index contributed by atoms with van der Waals surface area (Å²) < 4.78 is 49.6. The van der Waals surface area contributed by atoms with Crippen LogP contribution < -0.4 is 35.6 Å². The Morgan fingerprint density at radius 1 is 0.926 bits per heavy atom. The van der Waals surface area contributed by atoms with Gasteiger partial charge in [0.05, 0.1) is 23.1 Å². The highest BCUT2D eigenvalue weighted by atomic mass is 32.2. The second-order valence-electron chi connectivity index (χ2n) is 11.5. The lowest BCUT2D eigenvalue weighted by Gasteiger charge is -2.19. The maximum atomic E-state index is 13.9. The average molecular weight is 811 g/mol. The molecule has 2 aliphatic heterocycles. The van der Waals surface area contributed by atoms with Crippen LogP contribution in [0, 0.1) is 10.1 Å². The lowest BCUT2D eigenvalue weighted by atomic mass is 10.2. The fourth-order valence-corrected chi connectivity index (χ4v) is 8.07.